The van der Waals surface area contributed by atoms with Crippen molar-refractivity contribution >= 4 is 11.9 Å². The molecule has 4 nitrogen and oxygen atoms in total. The average molecular weight is 222 g/mol. The van der Waals surface area contributed by atoms with Crippen molar-refractivity contribution in [3.63, 3.8) is 0 Å². The molecule has 0 saturated carbocycles. The quantitative estimate of drug-likeness (QED) is 0.627. The van der Waals surface area contributed by atoms with E-state index in [-0.39, 0.29) is 11.3 Å². The van der Waals surface area contributed by atoms with Crippen LogP contribution in [-0.2, 0) is 11.2 Å². The summed E-state index contributed by atoms with van der Waals surface area (Å²) in [5.74, 6) is -1.51. The molecule has 0 aliphatic rings. The van der Waals surface area contributed by atoms with Crippen LogP contribution < -0.4 is 4.74 Å². The molecule has 0 heterocycles. The Morgan fingerprint density at radius 3 is 2.56 bits per heavy atom. The molecule has 0 atom stereocenters. The lowest BCUT2D eigenvalue weighted by molar-refractivity contribution is -0.131. The fourth-order valence-electron chi connectivity index (χ4n) is 1.43. The standard InChI is InChI=1S/C12H14O4/c1-3-4-9-5-6-11(16-8(2)13)10(7-9)12(14)15/h5-7H,3-4H2,1-2H3,(H,14,15). The second kappa shape index (κ2) is 5.30. The van der Waals surface area contributed by atoms with Crippen molar-refractivity contribution in [2.45, 2.75) is 26.7 Å². The molecule has 1 aromatic carbocycles. The van der Waals surface area contributed by atoms with E-state index in [0.717, 1.165) is 18.4 Å². The molecule has 0 amide bonds. The molecule has 0 radical (unpaired) electrons. The minimum absolute atomic E-state index is 0.0288. The predicted molar refractivity (Wildman–Crippen MR) is 58.7 cm³/mol. The van der Waals surface area contributed by atoms with Gasteiger partial charge in [-0.15, -0.1) is 0 Å². The molecule has 16 heavy (non-hydrogen) atoms. The minimum Gasteiger partial charge on any atom is -0.478 e. The number of carbonyl (C=O) groups is 2. The van der Waals surface area contributed by atoms with Gasteiger partial charge < -0.3 is 9.84 Å². The first-order valence-electron chi connectivity index (χ1n) is 5.09. The van der Waals surface area contributed by atoms with Crippen molar-refractivity contribution in [3.05, 3.63) is 29.3 Å². The van der Waals surface area contributed by atoms with Crippen LogP contribution in [0.3, 0.4) is 0 Å². The van der Waals surface area contributed by atoms with Gasteiger partial charge in [0, 0.05) is 6.92 Å². The van der Waals surface area contributed by atoms with Gasteiger partial charge in [0.05, 0.1) is 0 Å². The number of rotatable bonds is 4. The zero-order chi connectivity index (χ0) is 12.1. The van der Waals surface area contributed by atoms with Crippen molar-refractivity contribution in [2.75, 3.05) is 0 Å². The number of esters is 1. The van der Waals surface area contributed by atoms with E-state index in [4.69, 9.17) is 9.84 Å². The van der Waals surface area contributed by atoms with Crippen LogP contribution in [0.25, 0.3) is 0 Å². The second-order valence-corrected chi connectivity index (χ2v) is 3.48. The first-order valence-corrected chi connectivity index (χ1v) is 5.09. The van der Waals surface area contributed by atoms with Crippen LogP contribution in [0.5, 0.6) is 5.75 Å². The van der Waals surface area contributed by atoms with Crippen LogP contribution in [0.15, 0.2) is 18.2 Å². The molecular formula is C12H14O4. The summed E-state index contributed by atoms with van der Waals surface area (Å²) in [4.78, 5) is 21.8. The highest BCUT2D eigenvalue weighted by atomic mass is 16.5. The fourth-order valence-corrected chi connectivity index (χ4v) is 1.43. The average Bonchev–Trinajstić information content (AvgIpc) is 2.19. The molecule has 1 rings (SSSR count). The van der Waals surface area contributed by atoms with Crippen LogP contribution in [0.2, 0.25) is 0 Å². The smallest absolute Gasteiger partial charge is 0.339 e. The summed E-state index contributed by atoms with van der Waals surface area (Å²) < 4.78 is 4.82. The summed E-state index contributed by atoms with van der Waals surface area (Å²) >= 11 is 0. The SMILES string of the molecule is CCCc1ccc(OC(C)=O)c(C(=O)O)c1. The number of carboxylic acids is 1. The molecular weight excluding hydrogens is 208 g/mol. The number of ether oxygens (including phenoxy) is 1. The normalized spacial score (nSPS) is 9.88. The highest BCUT2D eigenvalue weighted by Crippen LogP contribution is 2.21. The second-order valence-electron chi connectivity index (χ2n) is 3.48. The molecule has 0 bridgehead atoms. The van der Waals surface area contributed by atoms with Crippen molar-refractivity contribution < 1.29 is 19.4 Å². The van der Waals surface area contributed by atoms with Gasteiger partial charge in [-0.05, 0) is 24.1 Å². The Labute approximate surface area is 93.9 Å². The molecule has 1 aromatic rings. The largest absolute Gasteiger partial charge is 0.478 e. The molecule has 0 fully saturated rings. The lowest BCUT2D eigenvalue weighted by atomic mass is 10.1. The number of carboxylic acid groups (broad SMARTS) is 1. The van der Waals surface area contributed by atoms with Gasteiger partial charge in [0.15, 0.2) is 0 Å². The summed E-state index contributed by atoms with van der Waals surface area (Å²) in [7, 11) is 0. The van der Waals surface area contributed by atoms with Crippen molar-refractivity contribution in [3.8, 4) is 5.75 Å². The maximum atomic E-state index is 11.0. The Hall–Kier alpha value is -1.84. The molecule has 1 N–H and O–H groups in total. The minimum atomic E-state index is -1.09. The van der Waals surface area contributed by atoms with E-state index in [2.05, 4.69) is 0 Å². The molecule has 0 unspecified atom stereocenters. The van der Waals surface area contributed by atoms with Crippen LogP contribution in [-0.4, -0.2) is 17.0 Å². The fraction of sp³-hybridized carbons (Fsp3) is 0.333. The Morgan fingerprint density at radius 2 is 2.06 bits per heavy atom. The summed E-state index contributed by atoms with van der Waals surface area (Å²) in [6, 6.07) is 4.84. The van der Waals surface area contributed by atoms with Gasteiger partial charge in [-0.1, -0.05) is 19.4 Å². The lowest BCUT2D eigenvalue weighted by Gasteiger charge is -2.07. The van der Waals surface area contributed by atoms with Crippen LogP contribution in [0.1, 0.15) is 36.2 Å². The van der Waals surface area contributed by atoms with Gasteiger partial charge in [0.25, 0.3) is 0 Å². The van der Waals surface area contributed by atoms with Crippen molar-refractivity contribution in [1.29, 1.82) is 0 Å². The Bertz CT molecular complexity index is 409. The molecule has 0 aliphatic carbocycles. The summed E-state index contributed by atoms with van der Waals surface area (Å²) in [6.45, 7) is 3.26. The monoisotopic (exact) mass is 222 g/mol. The van der Waals surface area contributed by atoms with Crippen LogP contribution >= 0.6 is 0 Å². The van der Waals surface area contributed by atoms with Gasteiger partial charge >= 0.3 is 11.9 Å². The maximum Gasteiger partial charge on any atom is 0.339 e. The first kappa shape index (κ1) is 12.2. The third-order valence-corrected chi connectivity index (χ3v) is 2.07. The van der Waals surface area contributed by atoms with Crippen molar-refractivity contribution in [2.24, 2.45) is 0 Å². The summed E-state index contributed by atoms with van der Waals surface area (Å²) in [6.07, 6.45) is 1.74. The van der Waals surface area contributed by atoms with E-state index in [9.17, 15) is 9.59 Å². The van der Waals surface area contributed by atoms with Crippen LogP contribution in [0, 0.1) is 0 Å². The number of hydrogen-bond acceptors (Lipinski definition) is 3. The van der Waals surface area contributed by atoms with E-state index in [1.807, 2.05) is 6.92 Å². The van der Waals surface area contributed by atoms with Crippen LogP contribution in [0.4, 0.5) is 0 Å². The molecule has 0 saturated heterocycles. The van der Waals surface area contributed by atoms with Gasteiger partial charge in [-0.25, -0.2) is 4.79 Å². The molecule has 0 spiro atoms. The zero-order valence-electron chi connectivity index (χ0n) is 9.32. The zero-order valence-corrected chi connectivity index (χ0v) is 9.32. The number of aromatic carboxylic acids is 1. The van der Waals surface area contributed by atoms with Gasteiger partial charge in [-0.3, -0.25) is 4.79 Å². The number of carbonyl (C=O) groups excluding carboxylic acids is 1. The molecule has 4 heteroatoms. The Morgan fingerprint density at radius 1 is 1.38 bits per heavy atom. The van der Waals surface area contributed by atoms with Crippen molar-refractivity contribution in [1.82, 2.24) is 0 Å². The lowest BCUT2D eigenvalue weighted by Crippen LogP contribution is -2.07. The van der Waals surface area contributed by atoms with E-state index in [1.165, 1.54) is 13.0 Å². The van der Waals surface area contributed by atoms with E-state index < -0.39 is 11.9 Å². The highest BCUT2D eigenvalue weighted by Gasteiger charge is 2.13. The Kier molecular flexibility index (Phi) is 4.05. The van der Waals surface area contributed by atoms with Gasteiger partial charge in [0.2, 0.25) is 0 Å². The predicted octanol–water partition coefficient (Wildman–Crippen LogP) is 2.26. The first-order chi connectivity index (χ1) is 7.54. The third-order valence-electron chi connectivity index (χ3n) is 2.07. The molecule has 0 aliphatic heterocycles. The maximum absolute atomic E-state index is 11.0. The number of benzene rings is 1. The summed E-state index contributed by atoms with van der Waals surface area (Å²) in [5.41, 5.74) is 0.956. The molecule has 86 valence electrons. The number of hydrogen-bond donors (Lipinski definition) is 1. The molecule has 0 aromatic heterocycles. The topological polar surface area (TPSA) is 63.6 Å². The van der Waals surface area contributed by atoms with Gasteiger partial charge in [0.1, 0.15) is 11.3 Å². The number of aryl methyl sites for hydroxylation is 1. The van der Waals surface area contributed by atoms with Gasteiger partial charge in [-0.2, -0.15) is 0 Å². The Balaban J connectivity index is 3.08. The highest BCUT2D eigenvalue weighted by molar-refractivity contribution is 5.92. The van der Waals surface area contributed by atoms with E-state index in [1.54, 1.807) is 12.1 Å². The third kappa shape index (κ3) is 3.08. The summed E-state index contributed by atoms with van der Waals surface area (Å²) in [5, 5.41) is 8.98. The van der Waals surface area contributed by atoms with E-state index >= 15 is 0 Å². The van der Waals surface area contributed by atoms with E-state index in [0.29, 0.717) is 0 Å².